The van der Waals surface area contributed by atoms with E-state index in [4.69, 9.17) is 27.8 Å². The van der Waals surface area contributed by atoms with Gasteiger partial charge in [-0.2, -0.15) is 0 Å². The van der Waals surface area contributed by atoms with E-state index in [1.54, 1.807) is 0 Å². The third-order valence-electron chi connectivity index (χ3n) is 4.16. The van der Waals surface area contributed by atoms with Gasteiger partial charge in [-0.1, -0.05) is 35.3 Å². The molecule has 2 aromatic heterocycles. The molecule has 0 unspecified atom stereocenters. The molecule has 4 aromatic rings. The van der Waals surface area contributed by atoms with Crippen molar-refractivity contribution in [1.29, 1.82) is 0 Å². The molecule has 2 N–H and O–H groups in total. The summed E-state index contributed by atoms with van der Waals surface area (Å²) in [6, 6.07) is 11.2. The molecule has 0 aliphatic carbocycles. The zero-order valence-electron chi connectivity index (χ0n) is 14.4. The predicted octanol–water partition coefficient (Wildman–Crippen LogP) is 5.42. The monoisotopic (exact) mass is 400 g/mol. The van der Waals surface area contributed by atoms with Gasteiger partial charge in [-0.15, -0.1) is 0 Å². The molecule has 136 valence electrons. The number of benzene rings is 2. The Morgan fingerprint density at radius 1 is 0.741 bits per heavy atom. The first kappa shape index (κ1) is 17.5. The Kier molecular flexibility index (Phi) is 4.55. The number of rotatable bonds is 4. The molecule has 9 heteroatoms. The van der Waals surface area contributed by atoms with Gasteiger partial charge < -0.3 is 10.6 Å². The van der Waals surface area contributed by atoms with Gasteiger partial charge in [0.2, 0.25) is 11.3 Å². The molecule has 0 bridgehead atoms. The molecule has 0 aliphatic heterocycles. The van der Waals surface area contributed by atoms with Gasteiger partial charge in [0.15, 0.2) is 11.6 Å². The molecule has 0 saturated carbocycles. The minimum atomic E-state index is 0.297. The van der Waals surface area contributed by atoms with Crippen LogP contribution in [-0.4, -0.2) is 20.3 Å². The van der Waals surface area contributed by atoms with Crippen molar-refractivity contribution in [3.63, 3.8) is 0 Å². The summed E-state index contributed by atoms with van der Waals surface area (Å²) in [7, 11) is 0. The van der Waals surface area contributed by atoms with E-state index in [-0.39, 0.29) is 0 Å². The van der Waals surface area contributed by atoms with E-state index in [1.165, 1.54) is 0 Å². The van der Waals surface area contributed by atoms with Crippen molar-refractivity contribution in [3.05, 3.63) is 57.6 Å². The van der Waals surface area contributed by atoms with Crippen LogP contribution in [0.2, 0.25) is 10.0 Å². The van der Waals surface area contributed by atoms with Crippen molar-refractivity contribution < 1.29 is 4.63 Å². The van der Waals surface area contributed by atoms with Crippen molar-refractivity contribution in [3.8, 4) is 0 Å². The zero-order valence-corrected chi connectivity index (χ0v) is 15.9. The molecule has 4 rings (SSSR count). The molecule has 2 heterocycles. The van der Waals surface area contributed by atoms with Crippen LogP contribution >= 0.6 is 23.2 Å². The molecule has 7 nitrogen and oxygen atoms in total. The van der Waals surface area contributed by atoms with Gasteiger partial charge in [-0.05, 0) is 59.6 Å². The molecular formula is C18H14Cl2N6O. The van der Waals surface area contributed by atoms with Crippen molar-refractivity contribution >= 4 is 57.5 Å². The van der Waals surface area contributed by atoms with E-state index < -0.39 is 0 Å². The fraction of sp³-hybridized carbons (Fsp3) is 0.111. The molecule has 0 spiro atoms. The lowest BCUT2D eigenvalue weighted by molar-refractivity contribution is 0.314. The SMILES string of the molecule is Cc1c(Cl)cccc1Nc1nc2nonc2nc1Nc1cccc(Cl)c1C. The van der Waals surface area contributed by atoms with Crippen LogP contribution in [0.4, 0.5) is 23.0 Å². The lowest BCUT2D eigenvalue weighted by atomic mass is 10.2. The third kappa shape index (κ3) is 3.39. The standard InChI is InChI=1S/C18H14Cl2N6O/c1-9-11(19)5-3-7-13(9)21-15-16(24-18-17(23-15)25-27-26-18)22-14-8-4-6-12(20)10(14)2/h3-8H,1-2H3,(H,21,23,25)(H,22,24,26). The van der Waals surface area contributed by atoms with Gasteiger partial charge in [0.1, 0.15) is 0 Å². The van der Waals surface area contributed by atoms with Crippen LogP contribution in [0.25, 0.3) is 11.3 Å². The summed E-state index contributed by atoms with van der Waals surface area (Å²) in [5.41, 5.74) is 3.99. The van der Waals surface area contributed by atoms with E-state index in [2.05, 4.69) is 30.9 Å². The summed E-state index contributed by atoms with van der Waals surface area (Å²) in [5, 5.41) is 15.3. The topological polar surface area (TPSA) is 88.8 Å². The Morgan fingerprint density at radius 2 is 1.19 bits per heavy atom. The van der Waals surface area contributed by atoms with Crippen molar-refractivity contribution in [2.45, 2.75) is 13.8 Å². The van der Waals surface area contributed by atoms with Gasteiger partial charge in [0.05, 0.1) is 0 Å². The number of nitrogens with zero attached hydrogens (tertiary/aromatic N) is 4. The van der Waals surface area contributed by atoms with E-state index >= 15 is 0 Å². The second-order valence-electron chi connectivity index (χ2n) is 5.91. The predicted molar refractivity (Wildman–Crippen MR) is 106 cm³/mol. The molecule has 0 fully saturated rings. The molecule has 0 amide bonds. The smallest absolute Gasteiger partial charge is 0.245 e. The van der Waals surface area contributed by atoms with E-state index in [1.807, 2.05) is 50.2 Å². The number of hydrogen-bond donors (Lipinski definition) is 2. The van der Waals surface area contributed by atoms with Crippen LogP contribution in [0.3, 0.4) is 0 Å². The Hall–Kier alpha value is -2.90. The summed E-state index contributed by atoms with van der Waals surface area (Å²) in [5.74, 6) is 0.922. The second-order valence-corrected chi connectivity index (χ2v) is 6.72. The maximum absolute atomic E-state index is 6.22. The number of aromatic nitrogens is 4. The molecule has 0 atom stereocenters. The van der Waals surface area contributed by atoms with Crippen molar-refractivity contribution in [2.24, 2.45) is 0 Å². The maximum Gasteiger partial charge on any atom is 0.245 e. The van der Waals surface area contributed by atoms with Crippen molar-refractivity contribution in [1.82, 2.24) is 20.3 Å². The van der Waals surface area contributed by atoms with Crippen LogP contribution in [0.5, 0.6) is 0 Å². The molecule has 0 radical (unpaired) electrons. The van der Waals surface area contributed by atoms with Gasteiger partial charge >= 0.3 is 0 Å². The summed E-state index contributed by atoms with van der Waals surface area (Å²) in [6.45, 7) is 3.84. The minimum absolute atomic E-state index is 0.297. The third-order valence-corrected chi connectivity index (χ3v) is 4.97. The maximum atomic E-state index is 6.22. The number of fused-ring (bicyclic) bond motifs is 1. The fourth-order valence-corrected chi connectivity index (χ4v) is 2.90. The lowest BCUT2D eigenvalue weighted by Crippen LogP contribution is -2.05. The van der Waals surface area contributed by atoms with Crippen molar-refractivity contribution in [2.75, 3.05) is 10.6 Å². The first-order valence-corrected chi connectivity index (χ1v) is 8.83. The van der Waals surface area contributed by atoms with Crippen LogP contribution in [-0.2, 0) is 0 Å². The number of halogens is 2. The van der Waals surface area contributed by atoms with Gasteiger partial charge in [-0.3, -0.25) is 0 Å². The van der Waals surface area contributed by atoms with E-state index in [0.717, 1.165) is 22.5 Å². The van der Waals surface area contributed by atoms with Gasteiger partial charge in [-0.25, -0.2) is 14.6 Å². The number of nitrogens with one attached hydrogen (secondary N) is 2. The number of hydrogen-bond acceptors (Lipinski definition) is 7. The normalized spacial score (nSPS) is 11.0. The highest BCUT2D eigenvalue weighted by Crippen LogP contribution is 2.32. The first-order chi connectivity index (χ1) is 13.0. The molecule has 2 aromatic carbocycles. The fourth-order valence-electron chi connectivity index (χ4n) is 2.55. The quantitative estimate of drug-likeness (QED) is 0.472. The summed E-state index contributed by atoms with van der Waals surface area (Å²) < 4.78 is 4.74. The Morgan fingerprint density at radius 3 is 1.63 bits per heavy atom. The van der Waals surface area contributed by atoms with E-state index in [9.17, 15) is 0 Å². The second kappa shape index (κ2) is 7.02. The average molecular weight is 401 g/mol. The Labute approximate surface area is 164 Å². The molecule has 0 aliphatic rings. The molecule has 0 saturated heterocycles. The molecule has 27 heavy (non-hydrogen) atoms. The molecular weight excluding hydrogens is 387 g/mol. The minimum Gasteiger partial charge on any atom is -0.337 e. The van der Waals surface area contributed by atoms with Crippen LogP contribution in [0, 0.1) is 13.8 Å². The van der Waals surface area contributed by atoms with Crippen LogP contribution in [0.15, 0.2) is 41.0 Å². The van der Waals surface area contributed by atoms with Gasteiger partial charge in [0.25, 0.3) is 0 Å². The average Bonchev–Trinajstić information content (AvgIpc) is 3.10. The number of anilines is 4. The largest absolute Gasteiger partial charge is 0.337 e. The lowest BCUT2D eigenvalue weighted by Gasteiger charge is -2.15. The highest BCUT2D eigenvalue weighted by Gasteiger charge is 2.15. The summed E-state index contributed by atoms with van der Waals surface area (Å²) >= 11 is 12.4. The van der Waals surface area contributed by atoms with E-state index in [0.29, 0.717) is 33.0 Å². The summed E-state index contributed by atoms with van der Waals surface area (Å²) in [6.07, 6.45) is 0. The first-order valence-electron chi connectivity index (χ1n) is 8.07. The highest BCUT2D eigenvalue weighted by atomic mass is 35.5. The van der Waals surface area contributed by atoms with Crippen LogP contribution in [0.1, 0.15) is 11.1 Å². The Bertz CT molecular complexity index is 1060. The Balaban J connectivity index is 1.80. The van der Waals surface area contributed by atoms with Crippen LogP contribution < -0.4 is 10.6 Å². The zero-order chi connectivity index (χ0) is 19.0. The van der Waals surface area contributed by atoms with Gasteiger partial charge in [0, 0.05) is 21.4 Å². The highest BCUT2D eigenvalue weighted by molar-refractivity contribution is 6.32. The summed E-state index contributed by atoms with van der Waals surface area (Å²) in [4.78, 5) is 8.94.